The van der Waals surface area contributed by atoms with E-state index in [4.69, 9.17) is 4.74 Å². The van der Waals surface area contributed by atoms with Crippen LogP contribution in [0, 0.1) is 5.82 Å². The van der Waals surface area contributed by atoms with E-state index >= 15 is 0 Å². The summed E-state index contributed by atoms with van der Waals surface area (Å²) >= 11 is 0. The Morgan fingerprint density at radius 3 is 2.65 bits per heavy atom. The minimum absolute atomic E-state index is 0.0174. The van der Waals surface area contributed by atoms with Gasteiger partial charge in [-0.25, -0.2) is 17.5 Å². The summed E-state index contributed by atoms with van der Waals surface area (Å²) in [4.78, 5) is 4.01. The summed E-state index contributed by atoms with van der Waals surface area (Å²) in [5, 5.41) is 0. The second-order valence-electron chi connectivity index (χ2n) is 4.98. The lowest BCUT2D eigenvalue weighted by molar-refractivity contribution is 0.339. The molecular weight excluding hydrogens is 319 g/mol. The Balaban J connectivity index is 1.65. The molecule has 1 heterocycles. The van der Waals surface area contributed by atoms with Gasteiger partial charge in [0.1, 0.15) is 18.2 Å². The molecule has 0 saturated heterocycles. The topological polar surface area (TPSA) is 68.3 Å². The summed E-state index contributed by atoms with van der Waals surface area (Å²) in [5.41, 5.74) is 1.08. The van der Waals surface area contributed by atoms with Gasteiger partial charge >= 0.3 is 0 Å². The summed E-state index contributed by atoms with van der Waals surface area (Å²) in [7, 11) is -3.38. The molecule has 1 aromatic heterocycles. The fourth-order valence-corrected chi connectivity index (χ4v) is 2.84. The van der Waals surface area contributed by atoms with Crippen molar-refractivity contribution in [3.63, 3.8) is 0 Å². The Bertz CT molecular complexity index is 691. The number of aryl methyl sites for hydroxylation is 1. The number of hydrogen-bond donors (Lipinski definition) is 1. The first-order valence-corrected chi connectivity index (χ1v) is 8.95. The van der Waals surface area contributed by atoms with Gasteiger partial charge in [-0.1, -0.05) is 6.07 Å². The largest absolute Gasteiger partial charge is 0.492 e. The van der Waals surface area contributed by atoms with Crippen LogP contribution in [-0.2, 0) is 16.4 Å². The fraction of sp³-hybridized carbons (Fsp3) is 0.312. The Labute approximate surface area is 135 Å². The standard InChI is InChI=1S/C16H19FN2O3S/c17-15-5-7-16(8-6-15)22-11-12-23(20,21)19-10-2-4-14-3-1-9-18-13-14/h1,3,5-9,13,19H,2,4,10-12H2. The molecule has 0 aliphatic heterocycles. The highest BCUT2D eigenvalue weighted by Crippen LogP contribution is 2.10. The normalized spacial score (nSPS) is 11.3. The molecule has 23 heavy (non-hydrogen) atoms. The number of rotatable bonds is 9. The number of ether oxygens (including phenoxy) is 1. The minimum Gasteiger partial charge on any atom is -0.492 e. The second kappa shape index (κ2) is 8.59. The van der Waals surface area contributed by atoms with Gasteiger partial charge in [-0.2, -0.15) is 0 Å². The summed E-state index contributed by atoms with van der Waals surface area (Å²) in [5.74, 6) is -0.0597. The zero-order chi connectivity index (χ0) is 16.5. The van der Waals surface area contributed by atoms with Crippen LogP contribution < -0.4 is 9.46 Å². The number of pyridine rings is 1. The second-order valence-corrected chi connectivity index (χ2v) is 6.91. The van der Waals surface area contributed by atoms with Crippen molar-refractivity contribution in [3.8, 4) is 5.75 Å². The number of sulfonamides is 1. The Morgan fingerprint density at radius 1 is 1.17 bits per heavy atom. The average molecular weight is 338 g/mol. The molecule has 0 amide bonds. The molecule has 2 aromatic rings. The van der Waals surface area contributed by atoms with E-state index in [0.29, 0.717) is 18.7 Å². The summed E-state index contributed by atoms with van der Waals surface area (Å²) in [6, 6.07) is 9.26. The third-order valence-corrected chi connectivity index (χ3v) is 4.47. The van der Waals surface area contributed by atoms with Crippen molar-refractivity contribution in [3.05, 3.63) is 60.2 Å². The Morgan fingerprint density at radius 2 is 1.96 bits per heavy atom. The van der Waals surface area contributed by atoms with E-state index < -0.39 is 10.0 Å². The number of aromatic nitrogens is 1. The SMILES string of the molecule is O=S(=O)(CCOc1ccc(F)cc1)NCCCc1cccnc1. The first-order chi connectivity index (χ1) is 11.1. The van der Waals surface area contributed by atoms with Crippen molar-refractivity contribution >= 4 is 10.0 Å². The van der Waals surface area contributed by atoms with E-state index in [1.165, 1.54) is 24.3 Å². The van der Waals surface area contributed by atoms with Crippen LogP contribution in [0.2, 0.25) is 0 Å². The highest BCUT2D eigenvalue weighted by molar-refractivity contribution is 7.89. The molecule has 0 atom stereocenters. The van der Waals surface area contributed by atoms with E-state index in [0.717, 1.165) is 12.0 Å². The lowest BCUT2D eigenvalue weighted by Crippen LogP contribution is -2.30. The maximum Gasteiger partial charge on any atom is 0.214 e. The third kappa shape index (κ3) is 6.75. The number of hydrogen-bond acceptors (Lipinski definition) is 4. The van der Waals surface area contributed by atoms with Gasteiger partial charge in [-0.05, 0) is 48.7 Å². The summed E-state index contributed by atoms with van der Waals surface area (Å²) in [6.45, 7) is 0.386. The predicted molar refractivity (Wildman–Crippen MR) is 86.2 cm³/mol. The molecule has 0 aliphatic rings. The smallest absolute Gasteiger partial charge is 0.214 e. The molecule has 0 unspecified atom stereocenters. The summed E-state index contributed by atoms with van der Waals surface area (Å²) < 4.78 is 44.2. The molecular formula is C16H19FN2O3S. The van der Waals surface area contributed by atoms with Crippen molar-refractivity contribution in [1.82, 2.24) is 9.71 Å². The van der Waals surface area contributed by atoms with Gasteiger partial charge in [0.15, 0.2) is 0 Å². The van der Waals surface area contributed by atoms with Gasteiger partial charge in [0, 0.05) is 18.9 Å². The van der Waals surface area contributed by atoms with Crippen molar-refractivity contribution in [2.75, 3.05) is 18.9 Å². The van der Waals surface area contributed by atoms with Gasteiger partial charge in [-0.15, -0.1) is 0 Å². The quantitative estimate of drug-likeness (QED) is 0.712. The van der Waals surface area contributed by atoms with Crippen molar-refractivity contribution < 1.29 is 17.5 Å². The van der Waals surface area contributed by atoms with Crippen LogP contribution in [-0.4, -0.2) is 32.3 Å². The van der Waals surface area contributed by atoms with Crippen LogP contribution >= 0.6 is 0 Å². The first kappa shape index (κ1) is 17.4. The molecule has 124 valence electrons. The maximum atomic E-state index is 12.7. The van der Waals surface area contributed by atoms with Crippen LogP contribution in [0.15, 0.2) is 48.8 Å². The molecule has 0 fully saturated rings. The number of benzene rings is 1. The van der Waals surface area contributed by atoms with E-state index in [-0.39, 0.29) is 18.2 Å². The van der Waals surface area contributed by atoms with Crippen LogP contribution in [0.4, 0.5) is 4.39 Å². The van der Waals surface area contributed by atoms with Crippen LogP contribution in [0.25, 0.3) is 0 Å². The molecule has 1 aromatic carbocycles. The molecule has 0 aliphatic carbocycles. The monoisotopic (exact) mass is 338 g/mol. The van der Waals surface area contributed by atoms with Crippen molar-refractivity contribution in [2.24, 2.45) is 0 Å². The van der Waals surface area contributed by atoms with E-state index in [1.54, 1.807) is 12.4 Å². The molecule has 0 bridgehead atoms. The molecule has 0 radical (unpaired) electrons. The Kier molecular flexibility index (Phi) is 6.49. The van der Waals surface area contributed by atoms with Gasteiger partial charge in [0.2, 0.25) is 10.0 Å². The van der Waals surface area contributed by atoms with Crippen LogP contribution in [0.1, 0.15) is 12.0 Å². The highest BCUT2D eigenvalue weighted by Gasteiger charge is 2.09. The zero-order valence-electron chi connectivity index (χ0n) is 12.6. The van der Waals surface area contributed by atoms with Gasteiger partial charge in [0.05, 0.1) is 5.75 Å². The molecule has 0 saturated carbocycles. The fourth-order valence-electron chi connectivity index (χ4n) is 1.94. The Hall–Kier alpha value is -1.99. The maximum absolute atomic E-state index is 12.7. The lowest BCUT2D eigenvalue weighted by Gasteiger charge is -2.08. The lowest BCUT2D eigenvalue weighted by atomic mass is 10.2. The minimum atomic E-state index is -3.38. The molecule has 1 N–H and O–H groups in total. The number of nitrogens with zero attached hydrogens (tertiary/aromatic N) is 1. The number of nitrogens with one attached hydrogen (secondary N) is 1. The van der Waals surface area contributed by atoms with Crippen LogP contribution in [0.3, 0.4) is 0 Å². The van der Waals surface area contributed by atoms with Gasteiger partial charge in [0.25, 0.3) is 0 Å². The molecule has 5 nitrogen and oxygen atoms in total. The molecule has 7 heteroatoms. The van der Waals surface area contributed by atoms with Crippen molar-refractivity contribution in [2.45, 2.75) is 12.8 Å². The predicted octanol–water partition coefficient (Wildman–Crippen LogP) is 2.15. The van der Waals surface area contributed by atoms with E-state index in [1.807, 2.05) is 12.1 Å². The third-order valence-electron chi connectivity index (χ3n) is 3.12. The zero-order valence-corrected chi connectivity index (χ0v) is 13.4. The average Bonchev–Trinajstić information content (AvgIpc) is 2.54. The molecule has 0 spiro atoms. The van der Waals surface area contributed by atoms with Crippen LogP contribution in [0.5, 0.6) is 5.75 Å². The first-order valence-electron chi connectivity index (χ1n) is 7.30. The number of halogens is 1. The van der Waals surface area contributed by atoms with E-state index in [9.17, 15) is 12.8 Å². The molecule has 2 rings (SSSR count). The highest BCUT2D eigenvalue weighted by atomic mass is 32.2. The van der Waals surface area contributed by atoms with Crippen molar-refractivity contribution in [1.29, 1.82) is 0 Å². The van der Waals surface area contributed by atoms with E-state index in [2.05, 4.69) is 9.71 Å². The van der Waals surface area contributed by atoms with Gasteiger partial charge < -0.3 is 4.74 Å². The summed E-state index contributed by atoms with van der Waals surface area (Å²) in [6.07, 6.45) is 4.94. The van der Waals surface area contributed by atoms with Gasteiger partial charge in [-0.3, -0.25) is 4.98 Å².